The van der Waals surface area contributed by atoms with E-state index in [-0.39, 0.29) is 11.8 Å². The topological polar surface area (TPSA) is 35.5 Å². The first-order valence-corrected chi connectivity index (χ1v) is 7.98. The molecule has 0 unspecified atom stereocenters. The fourth-order valence-corrected chi connectivity index (χ4v) is 3.73. The Morgan fingerprint density at radius 1 is 1.20 bits per heavy atom. The third kappa shape index (κ3) is 2.69. The molecule has 5 heteroatoms. The number of para-hydroxylation sites is 1. The Labute approximate surface area is 127 Å². The lowest BCUT2D eigenvalue weighted by molar-refractivity contribution is 0.198. The molecule has 1 fully saturated rings. The summed E-state index contributed by atoms with van der Waals surface area (Å²) in [6.45, 7) is 3.88. The number of hydrogen-bond donors (Lipinski definition) is 2. The van der Waals surface area contributed by atoms with Crippen LogP contribution in [0.2, 0.25) is 5.02 Å². The smallest absolute Gasteiger partial charge is 0.139 e. The van der Waals surface area contributed by atoms with Crippen molar-refractivity contribution in [3.8, 4) is 5.75 Å². The fraction of sp³-hybridized carbons (Fsp3) is 0.333. The Morgan fingerprint density at radius 3 is 2.70 bits per heavy atom. The molecule has 1 saturated heterocycles. The minimum atomic E-state index is 0.0794. The van der Waals surface area contributed by atoms with Crippen LogP contribution < -0.4 is 5.32 Å². The SMILES string of the molecule is Oc1c(Cl)cccc1[C@@H](c1cccs1)N1CCNCC1. The Hall–Kier alpha value is -1.07. The van der Waals surface area contributed by atoms with Gasteiger partial charge in [-0.2, -0.15) is 0 Å². The van der Waals surface area contributed by atoms with Crippen molar-refractivity contribution in [2.24, 2.45) is 0 Å². The van der Waals surface area contributed by atoms with Gasteiger partial charge >= 0.3 is 0 Å². The molecule has 0 bridgehead atoms. The lowest BCUT2D eigenvalue weighted by Gasteiger charge is -2.35. The van der Waals surface area contributed by atoms with Crippen LogP contribution in [0.3, 0.4) is 0 Å². The van der Waals surface area contributed by atoms with E-state index in [1.807, 2.05) is 12.1 Å². The second-order valence-electron chi connectivity index (χ2n) is 4.88. The molecule has 2 aromatic rings. The van der Waals surface area contributed by atoms with E-state index in [9.17, 15) is 5.11 Å². The summed E-state index contributed by atoms with van der Waals surface area (Å²) in [6.07, 6.45) is 0. The number of hydrogen-bond acceptors (Lipinski definition) is 4. The van der Waals surface area contributed by atoms with Gasteiger partial charge in [-0.1, -0.05) is 29.8 Å². The highest BCUT2D eigenvalue weighted by Gasteiger charge is 2.27. The molecule has 20 heavy (non-hydrogen) atoms. The first kappa shape index (κ1) is 13.9. The molecular weight excluding hydrogens is 292 g/mol. The predicted octanol–water partition coefficient (Wildman–Crippen LogP) is 3.10. The molecule has 0 aliphatic carbocycles. The average Bonchev–Trinajstić information content (AvgIpc) is 2.99. The van der Waals surface area contributed by atoms with E-state index >= 15 is 0 Å². The van der Waals surface area contributed by atoms with Crippen molar-refractivity contribution in [1.82, 2.24) is 10.2 Å². The summed E-state index contributed by atoms with van der Waals surface area (Å²) < 4.78 is 0. The fourth-order valence-electron chi connectivity index (χ4n) is 2.67. The van der Waals surface area contributed by atoms with Gasteiger partial charge < -0.3 is 10.4 Å². The molecule has 1 aromatic heterocycles. The van der Waals surface area contributed by atoms with Crippen molar-refractivity contribution >= 4 is 22.9 Å². The second-order valence-corrected chi connectivity index (χ2v) is 6.27. The number of phenolic OH excluding ortho intramolecular Hbond substituents is 1. The first-order valence-electron chi connectivity index (χ1n) is 6.73. The molecule has 0 spiro atoms. The maximum atomic E-state index is 10.3. The van der Waals surface area contributed by atoms with Crippen molar-refractivity contribution < 1.29 is 5.11 Å². The molecule has 2 heterocycles. The van der Waals surface area contributed by atoms with E-state index in [1.165, 1.54) is 4.88 Å². The highest BCUT2D eigenvalue weighted by Crippen LogP contribution is 2.39. The van der Waals surface area contributed by atoms with E-state index in [0.29, 0.717) is 5.02 Å². The van der Waals surface area contributed by atoms with Crippen LogP contribution in [0, 0.1) is 0 Å². The number of phenols is 1. The van der Waals surface area contributed by atoms with Crippen molar-refractivity contribution in [3.63, 3.8) is 0 Å². The van der Waals surface area contributed by atoms with Crippen LogP contribution in [0.25, 0.3) is 0 Å². The number of thiophene rings is 1. The van der Waals surface area contributed by atoms with Gasteiger partial charge in [0.2, 0.25) is 0 Å². The summed E-state index contributed by atoms with van der Waals surface area (Å²) in [6, 6.07) is 9.85. The van der Waals surface area contributed by atoms with Gasteiger partial charge in [-0.05, 0) is 17.5 Å². The molecule has 1 aliphatic heterocycles. The number of nitrogens with zero attached hydrogens (tertiary/aromatic N) is 1. The Morgan fingerprint density at radius 2 is 2.00 bits per heavy atom. The van der Waals surface area contributed by atoms with Gasteiger partial charge in [0.05, 0.1) is 11.1 Å². The summed E-state index contributed by atoms with van der Waals surface area (Å²) in [5.41, 5.74) is 0.891. The quantitative estimate of drug-likeness (QED) is 0.914. The van der Waals surface area contributed by atoms with E-state index in [2.05, 4.69) is 27.7 Å². The minimum absolute atomic E-state index is 0.0794. The van der Waals surface area contributed by atoms with Gasteiger partial charge in [0.1, 0.15) is 5.75 Å². The molecule has 0 radical (unpaired) electrons. The van der Waals surface area contributed by atoms with Gasteiger partial charge in [-0.15, -0.1) is 11.3 Å². The second kappa shape index (κ2) is 6.14. The molecule has 2 N–H and O–H groups in total. The maximum Gasteiger partial charge on any atom is 0.139 e. The van der Waals surface area contributed by atoms with Gasteiger partial charge in [-0.3, -0.25) is 4.90 Å². The molecule has 106 valence electrons. The predicted molar refractivity (Wildman–Crippen MR) is 83.7 cm³/mol. The maximum absolute atomic E-state index is 10.3. The Balaban J connectivity index is 2.03. The van der Waals surface area contributed by atoms with Crippen LogP contribution in [-0.2, 0) is 0 Å². The number of halogens is 1. The lowest BCUT2D eigenvalue weighted by Crippen LogP contribution is -2.45. The first-order chi connectivity index (χ1) is 9.77. The van der Waals surface area contributed by atoms with Crippen LogP contribution in [0.15, 0.2) is 35.7 Å². The number of benzene rings is 1. The summed E-state index contributed by atoms with van der Waals surface area (Å²) in [5.74, 6) is 0.200. The Bertz CT molecular complexity index is 567. The van der Waals surface area contributed by atoms with E-state index in [4.69, 9.17) is 11.6 Å². The summed E-state index contributed by atoms with van der Waals surface area (Å²) >= 11 is 7.80. The highest BCUT2D eigenvalue weighted by atomic mass is 35.5. The third-order valence-electron chi connectivity index (χ3n) is 3.64. The number of rotatable bonds is 3. The molecule has 1 atom stereocenters. The summed E-state index contributed by atoms with van der Waals surface area (Å²) in [5, 5.41) is 16.2. The van der Waals surface area contributed by atoms with Crippen molar-refractivity contribution in [1.29, 1.82) is 0 Å². The highest BCUT2D eigenvalue weighted by molar-refractivity contribution is 7.10. The largest absolute Gasteiger partial charge is 0.506 e. The minimum Gasteiger partial charge on any atom is -0.506 e. The molecule has 3 rings (SSSR count). The van der Waals surface area contributed by atoms with Crippen LogP contribution in [0.1, 0.15) is 16.5 Å². The van der Waals surface area contributed by atoms with Crippen LogP contribution >= 0.6 is 22.9 Å². The molecule has 0 amide bonds. The third-order valence-corrected chi connectivity index (χ3v) is 4.87. The monoisotopic (exact) mass is 308 g/mol. The van der Waals surface area contributed by atoms with E-state index < -0.39 is 0 Å². The number of piperazine rings is 1. The summed E-state index contributed by atoms with van der Waals surface area (Å²) in [7, 11) is 0. The van der Waals surface area contributed by atoms with Crippen molar-refractivity contribution in [2.75, 3.05) is 26.2 Å². The molecule has 3 nitrogen and oxygen atoms in total. The number of nitrogens with one attached hydrogen (secondary N) is 1. The van der Waals surface area contributed by atoms with E-state index in [0.717, 1.165) is 31.7 Å². The standard InChI is InChI=1S/C15H17ClN2OS/c16-12-4-1-3-11(15(12)19)14(13-5-2-10-20-13)18-8-6-17-7-9-18/h1-5,10,14,17,19H,6-9H2/t14-/m0/s1. The zero-order chi connectivity index (χ0) is 13.9. The van der Waals surface area contributed by atoms with Crippen LogP contribution in [0.4, 0.5) is 0 Å². The van der Waals surface area contributed by atoms with Gasteiger partial charge in [0.25, 0.3) is 0 Å². The molecule has 0 saturated carbocycles. The van der Waals surface area contributed by atoms with Crippen molar-refractivity contribution in [3.05, 3.63) is 51.2 Å². The Kier molecular flexibility index (Phi) is 4.27. The lowest BCUT2D eigenvalue weighted by atomic mass is 10.0. The van der Waals surface area contributed by atoms with Crippen LogP contribution in [0.5, 0.6) is 5.75 Å². The molecular formula is C15H17ClN2OS. The van der Waals surface area contributed by atoms with Gasteiger partial charge in [-0.25, -0.2) is 0 Å². The molecule has 1 aliphatic rings. The van der Waals surface area contributed by atoms with Crippen molar-refractivity contribution in [2.45, 2.75) is 6.04 Å². The zero-order valence-electron chi connectivity index (χ0n) is 11.1. The zero-order valence-corrected chi connectivity index (χ0v) is 12.6. The number of aromatic hydroxyl groups is 1. The van der Waals surface area contributed by atoms with E-state index in [1.54, 1.807) is 17.4 Å². The average molecular weight is 309 g/mol. The van der Waals surface area contributed by atoms with Gasteiger partial charge in [0.15, 0.2) is 0 Å². The van der Waals surface area contributed by atoms with Gasteiger partial charge in [0, 0.05) is 36.6 Å². The normalized spacial score (nSPS) is 18.1. The molecule has 1 aromatic carbocycles. The summed E-state index contributed by atoms with van der Waals surface area (Å²) in [4.78, 5) is 3.64. The van der Waals surface area contributed by atoms with Crippen LogP contribution in [-0.4, -0.2) is 36.2 Å².